The van der Waals surface area contributed by atoms with Crippen molar-refractivity contribution in [2.45, 2.75) is 43.8 Å². The van der Waals surface area contributed by atoms with Crippen molar-refractivity contribution in [2.75, 3.05) is 19.8 Å². The summed E-state index contributed by atoms with van der Waals surface area (Å²) in [7, 11) is 0. The average molecular weight is 374 g/mol. The summed E-state index contributed by atoms with van der Waals surface area (Å²) < 4.78 is 39.2. The van der Waals surface area contributed by atoms with Gasteiger partial charge in [-0.05, 0) is 61.2 Å². The molecule has 2 aliphatic rings. The summed E-state index contributed by atoms with van der Waals surface area (Å²) in [6.45, 7) is 3.23. The number of nitrogens with one attached hydrogen (secondary N) is 1. The van der Waals surface area contributed by atoms with Crippen LogP contribution in [0.15, 0.2) is 48.5 Å². The molecule has 27 heavy (non-hydrogen) atoms. The molecule has 2 fully saturated rings. The summed E-state index contributed by atoms with van der Waals surface area (Å²) >= 11 is 0. The average Bonchev–Trinajstić information content (AvgIpc) is 3.46. The lowest BCUT2D eigenvalue weighted by Crippen LogP contribution is -2.39. The molecule has 1 N–H and O–H groups in total. The number of hydrogen-bond acceptors (Lipinski definition) is 2. The molecule has 2 atom stereocenters. The largest absolute Gasteiger partial charge is 0.416 e. The first-order chi connectivity index (χ1) is 13.0. The Hall–Kier alpha value is -1.85. The molecular formula is C22H25F3N2. The van der Waals surface area contributed by atoms with Crippen LogP contribution in [-0.2, 0) is 6.18 Å². The molecule has 1 heterocycles. The third kappa shape index (κ3) is 4.36. The van der Waals surface area contributed by atoms with Crippen LogP contribution in [0.25, 0.3) is 11.1 Å². The van der Waals surface area contributed by atoms with Gasteiger partial charge in [0.1, 0.15) is 0 Å². The number of halogens is 3. The molecule has 0 spiro atoms. The summed E-state index contributed by atoms with van der Waals surface area (Å²) in [6, 6.07) is 13.9. The van der Waals surface area contributed by atoms with Crippen LogP contribution in [0.3, 0.4) is 0 Å². The molecule has 2 nitrogen and oxygen atoms in total. The topological polar surface area (TPSA) is 15.3 Å². The van der Waals surface area contributed by atoms with Crippen molar-refractivity contribution in [3.05, 3.63) is 59.7 Å². The van der Waals surface area contributed by atoms with Gasteiger partial charge >= 0.3 is 6.18 Å². The Morgan fingerprint density at radius 2 is 1.74 bits per heavy atom. The molecule has 1 saturated heterocycles. The summed E-state index contributed by atoms with van der Waals surface area (Å²) in [5, 5.41) is 3.64. The van der Waals surface area contributed by atoms with Gasteiger partial charge in [0, 0.05) is 18.6 Å². The minimum atomic E-state index is -4.32. The second-order valence-corrected chi connectivity index (χ2v) is 7.66. The highest BCUT2D eigenvalue weighted by Gasteiger charge is 2.39. The highest BCUT2D eigenvalue weighted by molar-refractivity contribution is 5.69. The van der Waals surface area contributed by atoms with Crippen LogP contribution in [0.1, 0.15) is 42.7 Å². The van der Waals surface area contributed by atoms with Crippen LogP contribution >= 0.6 is 0 Å². The Labute approximate surface area is 158 Å². The molecular weight excluding hydrogens is 349 g/mol. The first-order valence-corrected chi connectivity index (χ1v) is 9.75. The fourth-order valence-corrected chi connectivity index (χ4v) is 4.07. The first kappa shape index (κ1) is 18.5. The van der Waals surface area contributed by atoms with Crippen molar-refractivity contribution in [1.29, 1.82) is 0 Å². The van der Waals surface area contributed by atoms with Crippen LogP contribution in [0.2, 0.25) is 0 Å². The number of likely N-dealkylation sites (tertiary alicyclic amines) is 1. The monoisotopic (exact) mass is 374 g/mol. The molecule has 5 heteroatoms. The van der Waals surface area contributed by atoms with Gasteiger partial charge < -0.3 is 5.32 Å². The van der Waals surface area contributed by atoms with Gasteiger partial charge in [-0.15, -0.1) is 0 Å². The van der Waals surface area contributed by atoms with E-state index in [1.165, 1.54) is 31.4 Å². The van der Waals surface area contributed by atoms with E-state index in [4.69, 9.17) is 0 Å². The molecule has 2 aromatic carbocycles. The van der Waals surface area contributed by atoms with E-state index in [9.17, 15) is 13.2 Å². The smallest absolute Gasteiger partial charge is 0.301 e. The highest BCUT2D eigenvalue weighted by atomic mass is 19.4. The maximum absolute atomic E-state index is 13.1. The molecule has 1 aliphatic heterocycles. The van der Waals surface area contributed by atoms with Gasteiger partial charge in [0.15, 0.2) is 0 Å². The van der Waals surface area contributed by atoms with Crippen LogP contribution in [-0.4, -0.2) is 30.7 Å². The Bertz CT molecular complexity index is 781. The Balaban J connectivity index is 1.48. The van der Waals surface area contributed by atoms with E-state index in [2.05, 4.69) is 16.3 Å². The lowest BCUT2D eigenvalue weighted by Gasteiger charge is -2.26. The molecule has 0 radical (unpaired) electrons. The second-order valence-electron chi connectivity index (χ2n) is 7.66. The van der Waals surface area contributed by atoms with Crippen molar-refractivity contribution in [1.82, 2.24) is 10.2 Å². The summed E-state index contributed by atoms with van der Waals surface area (Å²) in [5.74, 6) is 0.375. The van der Waals surface area contributed by atoms with Crippen LogP contribution in [0.4, 0.5) is 13.2 Å². The van der Waals surface area contributed by atoms with E-state index in [-0.39, 0.29) is 0 Å². The second kappa shape index (κ2) is 7.64. The predicted octanol–water partition coefficient (Wildman–Crippen LogP) is 5.26. The van der Waals surface area contributed by atoms with Crippen molar-refractivity contribution in [3.8, 4) is 11.1 Å². The van der Waals surface area contributed by atoms with Gasteiger partial charge in [0.05, 0.1) is 5.56 Å². The molecule has 0 amide bonds. The van der Waals surface area contributed by atoms with Crippen molar-refractivity contribution < 1.29 is 13.2 Å². The van der Waals surface area contributed by atoms with E-state index in [0.717, 1.165) is 43.4 Å². The molecule has 2 aromatic rings. The van der Waals surface area contributed by atoms with Crippen LogP contribution in [0, 0.1) is 0 Å². The zero-order chi connectivity index (χ0) is 18.9. The number of piperidine rings is 1. The third-order valence-electron chi connectivity index (χ3n) is 5.68. The zero-order valence-electron chi connectivity index (χ0n) is 15.3. The van der Waals surface area contributed by atoms with Gasteiger partial charge in [0.2, 0.25) is 0 Å². The lowest BCUT2D eigenvalue weighted by molar-refractivity contribution is -0.137. The van der Waals surface area contributed by atoms with E-state index < -0.39 is 11.7 Å². The van der Waals surface area contributed by atoms with Crippen molar-refractivity contribution >= 4 is 0 Å². The van der Waals surface area contributed by atoms with Crippen molar-refractivity contribution in [2.24, 2.45) is 0 Å². The fourth-order valence-electron chi connectivity index (χ4n) is 4.07. The van der Waals surface area contributed by atoms with Gasteiger partial charge in [0.25, 0.3) is 0 Å². The number of alkyl halides is 3. The molecule has 1 aliphatic carbocycles. The maximum Gasteiger partial charge on any atom is 0.416 e. The molecule has 1 saturated carbocycles. The van der Waals surface area contributed by atoms with E-state index in [0.29, 0.717) is 17.5 Å². The molecule has 0 aromatic heterocycles. The van der Waals surface area contributed by atoms with Crippen molar-refractivity contribution in [3.63, 3.8) is 0 Å². The Kier molecular flexibility index (Phi) is 5.24. The molecule has 4 rings (SSSR count). The minimum Gasteiger partial charge on any atom is -0.301 e. The van der Waals surface area contributed by atoms with Gasteiger partial charge in [-0.1, -0.05) is 42.8 Å². The summed E-state index contributed by atoms with van der Waals surface area (Å²) in [6.07, 6.45) is 0.599. The number of rotatable bonds is 5. The summed E-state index contributed by atoms with van der Waals surface area (Å²) in [4.78, 5) is 2.46. The zero-order valence-corrected chi connectivity index (χ0v) is 15.3. The van der Waals surface area contributed by atoms with E-state index >= 15 is 0 Å². The first-order valence-electron chi connectivity index (χ1n) is 9.75. The minimum absolute atomic E-state index is 0.375. The molecule has 0 unspecified atom stereocenters. The van der Waals surface area contributed by atoms with Gasteiger partial charge in [-0.25, -0.2) is 0 Å². The summed E-state index contributed by atoms with van der Waals surface area (Å²) in [5.41, 5.74) is 2.11. The lowest BCUT2D eigenvalue weighted by atomic mass is 9.95. The fraction of sp³-hybridized carbons (Fsp3) is 0.455. The normalized spacial score (nSPS) is 23.4. The van der Waals surface area contributed by atoms with E-state index in [1.807, 2.05) is 18.2 Å². The molecule has 0 bridgehead atoms. The molecule has 144 valence electrons. The van der Waals surface area contributed by atoms with Gasteiger partial charge in [-0.2, -0.15) is 13.2 Å². The highest BCUT2D eigenvalue weighted by Crippen LogP contribution is 2.45. The Morgan fingerprint density at radius 1 is 0.963 bits per heavy atom. The SMILES string of the molecule is FC(F)(F)c1cccc(-c2ccccc2[C@@H]2C[C@H]2NCN2CCCCC2)c1. The predicted molar refractivity (Wildman–Crippen MR) is 101 cm³/mol. The Morgan fingerprint density at radius 3 is 2.52 bits per heavy atom. The maximum atomic E-state index is 13.1. The quantitative estimate of drug-likeness (QED) is 0.768. The van der Waals surface area contributed by atoms with E-state index in [1.54, 1.807) is 6.07 Å². The number of benzene rings is 2. The van der Waals surface area contributed by atoms with Crippen LogP contribution in [0.5, 0.6) is 0 Å². The van der Waals surface area contributed by atoms with Crippen LogP contribution < -0.4 is 5.32 Å². The number of nitrogens with zero attached hydrogens (tertiary/aromatic N) is 1. The number of hydrogen-bond donors (Lipinski definition) is 1. The standard InChI is InChI=1S/C22H25F3N2/c23-22(24,25)17-8-6-7-16(13-17)18-9-2-3-10-19(18)20-14-21(20)26-15-27-11-4-1-5-12-27/h2-3,6-10,13,20-21,26H,1,4-5,11-12,14-15H2/t20-,21+/m0/s1. The third-order valence-corrected chi connectivity index (χ3v) is 5.68. The van der Waals surface area contributed by atoms with Gasteiger partial charge in [-0.3, -0.25) is 4.90 Å².